The van der Waals surface area contributed by atoms with E-state index in [1.807, 2.05) is 6.07 Å². The Hall–Kier alpha value is -2.05. The average Bonchev–Trinajstić information content (AvgIpc) is 3.03. The predicted molar refractivity (Wildman–Crippen MR) is 91.1 cm³/mol. The largest absolute Gasteiger partial charge is 0.508 e. The monoisotopic (exact) mass is 332 g/mol. The maximum absolute atomic E-state index is 11.4. The van der Waals surface area contributed by atoms with Gasteiger partial charge >= 0.3 is 6.16 Å². The van der Waals surface area contributed by atoms with E-state index in [4.69, 9.17) is 9.47 Å². The molecule has 0 aliphatic carbocycles. The van der Waals surface area contributed by atoms with Crippen LogP contribution in [0.5, 0.6) is 0 Å². The Morgan fingerprint density at radius 1 is 1.29 bits per heavy atom. The summed E-state index contributed by atoms with van der Waals surface area (Å²) in [4.78, 5) is 17.0. The second-order valence-electron chi connectivity index (χ2n) is 6.08. The third kappa shape index (κ3) is 3.71. The molecular weight excluding hydrogens is 308 g/mol. The Morgan fingerprint density at radius 2 is 2.12 bits per heavy atom. The molecule has 1 aromatic carbocycles. The fraction of sp³-hybridized carbons (Fsp3) is 0.500. The summed E-state index contributed by atoms with van der Waals surface area (Å²) in [7, 11) is 2.97. The lowest BCUT2D eigenvalue weighted by Gasteiger charge is -2.36. The lowest BCUT2D eigenvalue weighted by molar-refractivity contribution is -0.0796. The fourth-order valence-corrected chi connectivity index (χ4v) is 3.33. The first-order valence-electron chi connectivity index (χ1n) is 8.26. The number of methoxy groups -OCH3 is 2. The lowest BCUT2D eigenvalue weighted by atomic mass is 10.0. The van der Waals surface area contributed by atoms with Crippen LogP contribution in [0.3, 0.4) is 0 Å². The first-order chi connectivity index (χ1) is 11.7. The molecule has 3 rings (SSSR count). The number of carbonyl (C=O) groups is 1. The van der Waals surface area contributed by atoms with Crippen molar-refractivity contribution in [2.75, 3.05) is 33.9 Å². The van der Waals surface area contributed by atoms with Gasteiger partial charge < -0.3 is 19.2 Å². The SMILES string of the molecule is COC(=O)O[C@H]1CN(CCc2c[nH]c3ccccc23)CC[C@H]1OC. The number of fused-ring (bicyclic) bond motifs is 1. The molecule has 1 aliphatic heterocycles. The molecule has 0 radical (unpaired) electrons. The van der Waals surface area contributed by atoms with E-state index in [-0.39, 0.29) is 12.2 Å². The molecule has 2 heterocycles. The molecule has 0 bridgehead atoms. The number of ether oxygens (including phenoxy) is 3. The summed E-state index contributed by atoms with van der Waals surface area (Å²) in [5, 5.41) is 1.27. The normalized spacial score (nSPS) is 21.8. The Bertz CT molecular complexity index is 684. The zero-order valence-corrected chi connectivity index (χ0v) is 14.2. The molecule has 24 heavy (non-hydrogen) atoms. The number of nitrogens with one attached hydrogen (secondary N) is 1. The van der Waals surface area contributed by atoms with Crippen molar-refractivity contribution in [2.24, 2.45) is 0 Å². The van der Waals surface area contributed by atoms with Crippen LogP contribution in [0.2, 0.25) is 0 Å². The van der Waals surface area contributed by atoms with Gasteiger partial charge in [-0.05, 0) is 24.5 Å². The zero-order valence-electron chi connectivity index (χ0n) is 14.2. The third-order valence-corrected chi connectivity index (χ3v) is 4.67. The molecule has 0 amide bonds. The number of rotatable bonds is 5. The Labute approximate surface area is 141 Å². The highest BCUT2D eigenvalue weighted by atomic mass is 16.7. The molecule has 6 nitrogen and oxygen atoms in total. The first kappa shape index (κ1) is 16.8. The second-order valence-corrected chi connectivity index (χ2v) is 6.08. The smallest absolute Gasteiger partial charge is 0.438 e. The number of hydrogen-bond acceptors (Lipinski definition) is 5. The molecule has 130 valence electrons. The van der Waals surface area contributed by atoms with Gasteiger partial charge in [0.2, 0.25) is 0 Å². The van der Waals surface area contributed by atoms with Crippen molar-refractivity contribution in [1.82, 2.24) is 9.88 Å². The number of aromatic nitrogens is 1. The predicted octanol–water partition coefficient (Wildman–Crippen LogP) is 2.58. The number of H-pyrrole nitrogens is 1. The van der Waals surface area contributed by atoms with Crippen LogP contribution >= 0.6 is 0 Å². The number of piperidine rings is 1. The Morgan fingerprint density at radius 3 is 2.92 bits per heavy atom. The van der Waals surface area contributed by atoms with E-state index in [2.05, 4.69) is 39.0 Å². The van der Waals surface area contributed by atoms with Gasteiger partial charge in [0.05, 0.1) is 13.2 Å². The van der Waals surface area contributed by atoms with E-state index in [9.17, 15) is 4.79 Å². The highest BCUT2D eigenvalue weighted by Crippen LogP contribution is 2.21. The van der Waals surface area contributed by atoms with Crippen LogP contribution in [0.4, 0.5) is 4.79 Å². The van der Waals surface area contributed by atoms with Crippen LogP contribution in [0.15, 0.2) is 30.5 Å². The lowest BCUT2D eigenvalue weighted by Crippen LogP contribution is -2.49. The quantitative estimate of drug-likeness (QED) is 0.853. The van der Waals surface area contributed by atoms with Crippen molar-refractivity contribution in [3.05, 3.63) is 36.0 Å². The van der Waals surface area contributed by atoms with Crippen LogP contribution in [-0.4, -0.2) is 62.1 Å². The summed E-state index contributed by atoms with van der Waals surface area (Å²) in [6.07, 6.45) is 2.85. The Balaban J connectivity index is 1.60. The minimum Gasteiger partial charge on any atom is -0.438 e. The van der Waals surface area contributed by atoms with Crippen LogP contribution in [0.1, 0.15) is 12.0 Å². The number of aromatic amines is 1. The number of nitrogens with zero attached hydrogens (tertiary/aromatic N) is 1. The van der Waals surface area contributed by atoms with E-state index >= 15 is 0 Å². The van der Waals surface area contributed by atoms with Gasteiger partial charge in [0.25, 0.3) is 0 Å². The molecule has 0 saturated carbocycles. The summed E-state index contributed by atoms with van der Waals surface area (Å²) in [5.41, 5.74) is 2.47. The highest BCUT2D eigenvalue weighted by Gasteiger charge is 2.32. The van der Waals surface area contributed by atoms with Gasteiger partial charge in [-0.2, -0.15) is 0 Å². The maximum Gasteiger partial charge on any atom is 0.508 e. The van der Waals surface area contributed by atoms with E-state index in [1.165, 1.54) is 18.1 Å². The number of para-hydroxylation sites is 1. The minimum absolute atomic E-state index is 0.0755. The van der Waals surface area contributed by atoms with Crippen molar-refractivity contribution in [2.45, 2.75) is 25.0 Å². The molecule has 2 aromatic rings. The first-order valence-corrected chi connectivity index (χ1v) is 8.26. The molecule has 0 unspecified atom stereocenters. The van der Waals surface area contributed by atoms with E-state index < -0.39 is 6.16 Å². The van der Waals surface area contributed by atoms with Gasteiger partial charge in [-0.1, -0.05) is 18.2 Å². The van der Waals surface area contributed by atoms with E-state index in [0.717, 1.165) is 31.4 Å². The standard InChI is InChI=1S/C18H24N2O4/c1-22-16-8-10-20(12-17(16)24-18(21)23-2)9-7-13-11-19-15-6-4-3-5-14(13)15/h3-6,11,16-17,19H,7-10,12H2,1-2H3/t16-,17+/m1/s1. The van der Waals surface area contributed by atoms with Gasteiger partial charge in [-0.25, -0.2) is 4.79 Å². The van der Waals surface area contributed by atoms with Crippen molar-refractivity contribution >= 4 is 17.1 Å². The van der Waals surface area contributed by atoms with Gasteiger partial charge in [-0.3, -0.25) is 4.90 Å². The van der Waals surface area contributed by atoms with Crippen molar-refractivity contribution in [3.8, 4) is 0 Å². The van der Waals surface area contributed by atoms with Gasteiger partial charge in [0.1, 0.15) is 6.10 Å². The van der Waals surface area contributed by atoms with Crippen LogP contribution in [0.25, 0.3) is 10.9 Å². The van der Waals surface area contributed by atoms with Gasteiger partial charge in [0, 0.05) is 43.8 Å². The number of carbonyl (C=O) groups excluding carboxylic acids is 1. The van der Waals surface area contributed by atoms with Crippen molar-refractivity contribution < 1.29 is 19.0 Å². The summed E-state index contributed by atoms with van der Waals surface area (Å²) < 4.78 is 15.4. The molecule has 1 N–H and O–H groups in total. The molecule has 1 fully saturated rings. The highest BCUT2D eigenvalue weighted by molar-refractivity contribution is 5.83. The van der Waals surface area contributed by atoms with Crippen LogP contribution < -0.4 is 0 Å². The summed E-state index contributed by atoms with van der Waals surface area (Å²) >= 11 is 0. The maximum atomic E-state index is 11.4. The molecule has 2 atom stereocenters. The van der Waals surface area contributed by atoms with Crippen LogP contribution in [0, 0.1) is 0 Å². The average molecular weight is 332 g/mol. The molecular formula is C18H24N2O4. The topological polar surface area (TPSA) is 63.8 Å². The molecule has 1 aromatic heterocycles. The second kappa shape index (κ2) is 7.68. The van der Waals surface area contributed by atoms with Crippen molar-refractivity contribution in [3.63, 3.8) is 0 Å². The van der Waals surface area contributed by atoms with Gasteiger partial charge in [0.15, 0.2) is 0 Å². The zero-order chi connectivity index (χ0) is 16.9. The van der Waals surface area contributed by atoms with Crippen molar-refractivity contribution in [1.29, 1.82) is 0 Å². The number of benzene rings is 1. The molecule has 1 saturated heterocycles. The summed E-state index contributed by atoms with van der Waals surface area (Å²) in [6.45, 7) is 2.51. The summed E-state index contributed by atoms with van der Waals surface area (Å²) in [5.74, 6) is 0. The summed E-state index contributed by atoms with van der Waals surface area (Å²) in [6, 6.07) is 8.32. The molecule has 0 spiro atoms. The third-order valence-electron chi connectivity index (χ3n) is 4.67. The Kier molecular flexibility index (Phi) is 5.37. The minimum atomic E-state index is -0.652. The number of likely N-dealkylation sites (tertiary alicyclic amines) is 1. The van der Waals surface area contributed by atoms with Crippen LogP contribution in [-0.2, 0) is 20.6 Å². The van der Waals surface area contributed by atoms with E-state index in [0.29, 0.717) is 6.54 Å². The number of hydrogen-bond donors (Lipinski definition) is 1. The fourth-order valence-electron chi connectivity index (χ4n) is 3.33. The van der Waals surface area contributed by atoms with E-state index in [1.54, 1.807) is 7.11 Å². The molecule has 6 heteroatoms. The molecule has 1 aliphatic rings. The van der Waals surface area contributed by atoms with Gasteiger partial charge in [-0.15, -0.1) is 0 Å².